The summed E-state index contributed by atoms with van der Waals surface area (Å²) in [7, 11) is 0. The number of esters is 2. The predicted octanol–water partition coefficient (Wildman–Crippen LogP) is 6.00. The average molecular weight is 363 g/mol. The van der Waals surface area contributed by atoms with Gasteiger partial charge in [0, 0.05) is 12.8 Å². The zero-order valence-electron chi connectivity index (χ0n) is 16.6. The van der Waals surface area contributed by atoms with Crippen molar-refractivity contribution in [2.45, 2.75) is 91.4 Å². The molecule has 1 aromatic rings. The Morgan fingerprint density at radius 2 is 1.38 bits per heavy atom. The van der Waals surface area contributed by atoms with Crippen LogP contribution in [0.5, 0.6) is 11.5 Å². The van der Waals surface area contributed by atoms with Gasteiger partial charge in [0.15, 0.2) is 11.5 Å². The summed E-state index contributed by atoms with van der Waals surface area (Å²) in [6.45, 7) is 6.25. The van der Waals surface area contributed by atoms with Gasteiger partial charge in [-0.15, -0.1) is 0 Å². The van der Waals surface area contributed by atoms with Crippen LogP contribution in [0.4, 0.5) is 0 Å². The van der Waals surface area contributed by atoms with Crippen molar-refractivity contribution >= 4 is 11.9 Å². The lowest BCUT2D eigenvalue weighted by Crippen LogP contribution is -2.13. The van der Waals surface area contributed by atoms with Gasteiger partial charge in [0.05, 0.1) is 0 Å². The molecular weight excluding hydrogens is 328 g/mol. The van der Waals surface area contributed by atoms with Crippen molar-refractivity contribution in [3.05, 3.63) is 23.8 Å². The first kappa shape index (κ1) is 22.2. The number of para-hydroxylation sites is 1. The van der Waals surface area contributed by atoms with Crippen LogP contribution in [0.1, 0.15) is 90.5 Å². The molecule has 0 aromatic heterocycles. The van der Waals surface area contributed by atoms with Crippen LogP contribution in [0.3, 0.4) is 0 Å². The highest BCUT2D eigenvalue weighted by Gasteiger charge is 2.17. The zero-order valence-corrected chi connectivity index (χ0v) is 16.6. The van der Waals surface area contributed by atoms with Crippen molar-refractivity contribution in [1.29, 1.82) is 0 Å². The third-order valence-electron chi connectivity index (χ3n) is 4.27. The number of unbranched alkanes of at least 4 members (excludes halogenated alkanes) is 5. The largest absolute Gasteiger partial charge is 0.423 e. The summed E-state index contributed by atoms with van der Waals surface area (Å²) in [5.41, 5.74) is 0.937. The molecule has 0 saturated carbocycles. The minimum absolute atomic E-state index is 0.265. The van der Waals surface area contributed by atoms with Gasteiger partial charge in [-0.2, -0.15) is 0 Å². The molecule has 0 aliphatic heterocycles. The van der Waals surface area contributed by atoms with E-state index in [1.54, 1.807) is 6.07 Å². The topological polar surface area (TPSA) is 52.6 Å². The van der Waals surface area contributed by atoms with Crippen molar-refractivity contribution in [3.8, 4) is 11.5 Å². The van der Waals surface area contributed by atoms with E-state index in [2.05, 4.69) is 6.92 Å². The molecule has 0 N–H and O–H groups in total. The summed E-state index contributed by atoms with van der Waals surface area (Å²) in [5, 5.41) is 0. The van der Waals surface area contributed by atoms with Crippen molar-refractivity contribution < 1.29 is 19.1 Å². The first-order valence-electron chi connectivity index (χ1n) is 10.2. The number of carbonyl (C=O) groups excluding carboxylic acids is 2. The monoisotopic (exact) mass is 362 g/mol. The molecule has 146 valence electrons. The highest BCUT2D eigenvalue weighted by molar-refractivity contribution is 5.76. The Hall–Kier alpha value is -1.84. The van der Waals surface area contributed by atoms with E-state index in [9.17, 15) is 9.59 Å². The molecule has 0 fully saturated rings. The van der Waals surface area contributed by atoms with Gasteiger partial charge in [-0.1, -0.05) is 65.0 Å². The van der Waals surface area contributed by atoms with E-state index in [1.807, 2.05) is 26.0 Å². The smallest absolute Gasteiger partial charge is 0.311 e. The Kier molecular flexibility index (Phi) is 11.4. The SMILES string of the molecule is CCCCCCc1cccc(OC(=O)CCCC)c1OC(=O)CCCC. The third-order valence-corrected chi connectivity index (χ3v) is 4.27. The third kappa shape index (κ3) is 8.50. The van der Waals surface area contributed by atoms with Crippen molar-refractivity contribution in [1.82, 2.24) is 0 Å². The molecule has 0 amide bonds. The van der Waals surface area contributed by atoms with Gasteiger partial charge >= 0.3 is 11.9 Å². The number of aryl methyl sites for hydroxylation is 1. The number of benzene rings is 1. The molecule has 0 aliphatic carbocycles. The first-order chi connectivity index (χ1) is 12.6. The molecule has 4 heteroatoms. The summed E-state index contributed by atoms with van der Waals surface area (Å²) in [6, 6.07) is 5.53. The number of hydrogen-bond donors (Lipinski definition) is 0. The number of rotatable bonds is 13. The summed E-state index contributed by atoms with van der Waals surface area (Å²) in [5.74, 6) is 0.249. The van der Waals surface area contributed by atoms with Crippen molar-refractivity contribution in [3.63, 3.8) is 0 Å². The summed E-state index contributed by atoms with van der Waals surface area (Å²) < 4.78 is 11.1. The quantitative estimate of drug-likeness (QED) is 0.245. The number of hydrogen-bond acceptors (Lipinski definition) is 4. The fourth-order valence-corrected chi connectivity index (χ4v) is 2.68. The Morgan fingerprint density at radius 1 is 0.769 bits per heavy atom. The molecule has 0 heterocycles. The van der Waals surface area contributed by atoms with Crippen LogP contribution in [0.15, 0.2) is 18.2 Å². The molecule has 0 atom stereocenters. The van der Waals surface area contributed by atoms with Gasteiger partial charge in [-0.05, 0) is 37.3 Å². The normalized spacial score (nSPS) is 10.6. The lowest BCUT2D eigenvalue weighted by Gasteiger charge is -2.15. The molecule has 0 spiro atoms. The maximum Gasteiger partial charge on any atom is 0.311 e. The van der Waals surface area contributed by atoms with Crippen LogP contribution >= 0.6 is 0 Å². The fraction of sp³-hybridized carbons (Fsp3) is 0.636. The zero-order chi connectivity index (χ0) is 19.2. The number of carbonyl (C=O) groups is 2. The van der Waals surface area contributed by atoms with Gasteiger partial charge in [0.1, 0.15) is 0 Å². The minimum Gasteiger partial charge on any atom is -0.423 e. The maximum atomic E-state index is 12.1. The van der Waals surface area contributed by atoms with E-state index in [0.29, 0.717) is 24.3 Å². The summed E-state index contributed by atoms with van der Waals surface area (Å²) in [6.07, 6.45) is 9.56. The van der Waals surface area contributed by atoms with Crippen LogP contribution in [0.25, 0.3) is 0 Å². The van der Waals surface area contributed by atoms with Crippen LogP contribution in [0.2, 0.25) is 0 Å². The molecule has 1 rings (SSSR count). The van der Waals surface area contributed by atoms with Gasteiger partial charge in [-0.3, -0.25) is 9.59 Å². The van der Waals surface area contributed by atoms with Gasteiger partial charge in [0.25, 0.3) is 0 Å². The highest BCUT2D eigenvalue weighted by Crippen LogP contribution is 2.33. The van der Waals surface area contributed by atoms with Crippen molar-refractivity contribution in [2.24, 2.45) is 0 Å². The van der Waals surface area contributed by atoms with Crippen LogP contribution in [-0.4, -0.2) is 11.9 Å². The molecule has 1 aromatic carbocycles. The van der Waals surface area contributed by atoms with Gasteiger partial charge in [0.2, 0.25) is 0 Å². The highest BCUT2D eigenvalue weighted by atomic mass is 16.6. The molecule has 26 heavy (non-hydrogen) atoms. The molecule has 0 radical (unpaired) electrons. The Morgan fingerprint density at radius 3 is 2.00 bits per heavy atom. The second kappa shape index (κ2) is 13.4. The standard InChI is InChI=1S/C22H34O4/c1-4-7-10-11-13-18-14-12-15-19(25-20(23)16-8-5-2)22(18)26-21(24)17-9-6-3/h12,14-15H,4-11,13,16-17H2,1-3H3. The van der Waals surface area contributed by atoms with E-state index < -0.39 is 0 Å². The first-order valence-corrected chi connectivity index (χ1v) is 10.2. The molecule has 0 aliphatic rings. The van der Waals surface area contributed by atoms with Crippen molar-refractivity contribution in [2.75, 3.05) is 0 Å². The Labute approximate surface area is 158 Å². The molecule has 0 saturated heterocycles. The van der Waals surface area contributed by atoms with Gasteiger partial charge < -0.3 is 9.47 Å². The van der Waals surface area contributed by atoms with E-state index in [1.165, 1.54) is 12.8 Å². The molecule has 4 nitrogen and oxygen atoms in total. The average Bonchev–Trinajstić information content (AvgIpc) is 2.64. The lowest BCUT2D eigenvalue weighted by atomic mass is 10.0. The molecule has 0 bridgehead atoms. The Bertz CT molecular complexity index is 551. The number of ether oxygens (including phenoxy) is 2. The van der Waals surface area contributed by atoms with Crippen LogP contribution in [-0.2, 0) is 16.0 Å². The second-order valence-electron chi connectivity index (χ2n) is 6.71. The Balaban J connectivity index is 2.90. The summed E-state index contributed by atoms with van der Waals surface area (Å²) in [4.78, 5) is 24.2. The predicted molar refractivity (Wildman–Crippen MR) is 105 cm³/mol. The van der Waals surface area contributed by atoms with Crippen LogP contribution < -0.4 is 9.47 Å². The van der Waals surface area contributed by atoms with E-state index >= 15 is 0 Å². The maximum absolute atomic E-state index is 12.1. The van der Waals surface area contributed by atoms with Crippen LogP contribution in [0, 0.1) is 0 Å². The molecule has 0 unspecified atom stereocenters. The fourth-order valence-electron chi connectivity index (χ4n) is 2.68. The minimum atomic E-state index is -0.277. The lowest BCUT2D eigenvalue weighted by molar-refractivity contribution is -0.137. The van der Waals surface area contributed by atoms with Gasteiger partial charge in [-0.25, -0.2) is 0 Å². The summed E-state index contributed by atoms with van der Waals surface area (Å²) >= 11 is 0. The molecular formula is C22H34O4. The second-order valence-corrected chi connectivity index (χ2v) is 6.71. The van der Waals surface area contributed by atoms with E-state index in [4.69, 9.17) is 9.47 Å². The van der Waals surface area contributed by atoms with E-state index in [-0.39, 0.29) is 11.9 Å². The van der Waals surface area contributed by atoms with E-state index in [0.717, 1.165) is 50.5 Å².